The molecule has 5 unspecified atom stereocenters. The summed E-state index contributed by atoms with van der Waals surface area (Å²) in [6.45, 7) is 12.3. The van der Waals surface area contributed by atoms with E-state index in [1.807, 2.05) is 0 Å². The number of carbonyl (C=O) groups is 2. The van der Waals surface area contributed by atoms with E-state index in [2.05, 4.69) is 34.6 Å². The summed E-state index contributed by atoms with van der Waals surface area (Å²) in [5.41, 5.74) is 0. The van der Waals surface area contributed by atoms with Crippen molar-refractivity contribution >= 4 is 11.9 Å². The predicted molar refractivity (Wildman–Crippen MR) is 192 cm³/mol. The number of hydrogen-bond donors (Lipinski definition) is 0. The lowest BCUT2D eigenvalue weighted by Crippen LogP contribution is -2.38. The van der Waals surface area contributed by atoms with Crippen LogP contribution in [0.3, 0.4) is 0 Å². The van der Waals surface area contributed by atoms with Crippen LogP contribution in [0.4, 0.5) is 0 Å². The van der Waals surface area contributed by atoms with Gasteiger partial charge < -0.3 is 9.47 Å². The second kappa shape index (κ2) is 29.1. The Morgan fingerprint density at radius 3 is 1.22 bits per heavy atom. The molecular weight excluding hydrogens is 556 g/mol. The highest BCUT2D eigenvalue weighted by molar-refractivity contribution is 5.82. The van der Waals surface area contributed by atoms with Crippen LogP contribution in [0.2, 0.25) is 0 Å². The maximum Gasteiger partial charge on any atom is 0.309 e. The first-order valence-corrected chi connectivity index (χ1v) is 20.3. The van der Waals surface area contributed by atoms with Gasteiger partial charge in [-0.2, -0.15) is 0 Å². The minimum absolute atomic E-state index is 0.145. The smallest absolute Gasteiger partial charge is 0.309 e. The van der Waals surface area contributed by atoms with E-state index in [9.17, 15) is 9.59 Å². The standard InChI is InChI=1S/C41H78O4/c1-6-10-14-18-20-24-28-36(26-22-16-12-8-3)33-44-40(42)38-31-30-35(5)32-39(38)41(43)45-34-37(27-23-17-13-9-4)29-25-21-19-15-11-7-2/h35-39H,6-34H2,1-5H3. The molecule has 0 radical (unpaired) electrons. The molecule has 266 valence electrons. The Balaban J connectivity index is 2.69. The lowest BCUT2D eigenvalue weighted by atomic mass is 9.74. The van der Waals surface area contributed by atoms with Crippen molar-refractivity contribution in [3.05, 3.63) is 0 Å². The van der Waals surface area contributed by atoms with Gasteiger partial charge in [-0.1, -0.05) is 163 Å². The molecule has 1 aliphatic rings. The van der Waals surface area contributed by atoms with E-state index < -0.39 is 0 Å². The second-order valence-corrected chi connectivity index (χ2v) is 14.9. The highest BCUT2D eigenvalue weighted by atomic mass is 16.5. The van der Waals surface area contributed by atoms with E-state index >= 15 is 0 Å². The lowest BCUT2D eigenvalue weighted by molar-refractivity contribution is -0.165. The minimum Gasteiger partial charge on any atom is -0.465 e. The normalized spacial score (nSPS) is 19.7. The van der Waals surface area contributed by atoms with Crippen molar-refractivity contribution < 1.29 is 19.1 Å². The van der Waals surface area contributed by atoms with Gasteiger partial charge >= 0.3 is 11.9 Å². The van der Waals surface area contributed by atoms with Gasteiger partial charge in [-0.15, -0.1) is 0 Å². The molecular formula is C41H78O4. The average Bonchev–Trinajstić information content (AvgIpc) is 3.04. The summed E-state index contributed by atoms with van der Waals surface area (Å²) in [5, 5.41) is 0. The molecule has 0 N–H and O–H groups in total. The van der Waals surface area contributed by atoms with E-state index in [1.54, 1.807) is 0 Å². The van der Waals surface area contributed by atoms with Crippen molar-refractivity contribution in [3.8, 4) is 0 Å². The van der Waals surface area contributed by atoms with Gasteiger partial charge in [0.15, 0.2) is 0 Å². The molecule has 1 saturated carbocycles. The van der Waals surface area contributed by atoms with Gasteiger partial charge in [0.2, 0.25) is 0 Å². The monoisotopic (exact) mass is 635 g/mol. The van der Waals surface area contributed by atoms with Crippen LogP contribution in [0.5, 0.6) is 0 Å². The fourth-order valence-corrected chi connectivity index (χ4v) is 7.31. The third kappa shape index (κ3) is 21.4. The van der Waals surface area contributed by atoms with E-state index in [1.165, 1.54) is 128 Å². The summed E-state index contributed by atoms with van der Waals surface area (Å²) in [5.74, 6) is 0.349. The molecule has 0 heterocycles. The first-order chi connectivity index (χ1) is 22.0. The third-order valence-electron chi connectivity index (χ3n) is 10.5. The van der Waals surface area contributed by atoms with Crippen molar-refractivity contribution in [2.75, 3.05) is 13.2 Å². The quantitative estimate of drug-likeness (QED) is 0.0582. The van der Waals surface area contributed by atoms with Gasteiger partial charge in [0, 0.05) is 0 Å². The first-order valence-electron chi connectivity index (χ1n) is 20.3. The Hall–Kier alpha value is -1.06. The van der Waals surface area contributed by atoms with Gasteiger partial charge in [-0.3, -0.25) is 9.59 Å². The van der Waals surface area contributed by atoms with Gasteiger partial charge in [-0.25, -0.2) is 0 Å². The maximum absolute atomic E-state index is 13.5. The molecule has 0 aliphatic heterocycles. The van der Waals surface area contributed by atoms with Gasteiger partial charge in [-0.05, 0) is 62.7 Å². The number of carbonyl (C=O) groups excluding carboxylic acids is 2. The lowest BCUT2D eigenvalue weighted by Gasteiger charge is -2.32. The molecule has 0 aromatic carbocycles. The maximum atomic E-state index is 13.5. The topological polar surface area (TPSA) is 52.6 Å². The number of ether oxygens (including phenoxy) is 2. The minimum atomic E-state index is -0.349. The molecule has 45 heavy (non-hydrogen) atoms. The van der Waals surface area contributed by atoms with Crippen LogP contribution in [0, 0.1) is 29.6 Å². The van der Waals surface area contributed by atoms with Crippen molar-refractivity contribution in [3.63, 3.8) is 0 Å². The Bertz CT molecular complexity index is 691. The van der Waals surface area contributed by atoms with Crippen molar-refractivity contribution in [2.45, 2.75) is 208 Å². The second-order valence-electron chi connectivity index (χ2n) is 14.9. The highest BCUT2D eigenvalue weighted by Gasteiger charge is 2.40. The van der Waals surface area contributed by atoms with Crippen LogP contribution in [-0.2, 0) is 19.1 Å². The number of hydrogen-bond acceptors (Lipinski definition) is 4. The van der Waals surface area contributed by atoms with Crippen LogP contribution in [-0.4, -0.2) is 25.2 Å². The van der Waals surface area contributed by atoms with Crippen LogP contribution < -0.4 is 0 Å². The Morgan fingerprint density at radius 2 is 0.822 bits per heavy atom. The van der Waals surface area contributed by atoms with Crippen LogP contribution in [0.15, 0.2) is 0 Å². The molecule has 0 spiro atoms. The molecule has 0 aromatic heterocycles. The number of esters is 2. The van der Waals surface area contributed by atoms with Crippen molar-refractivity contribution in [2.24, 2.45) is 29.6 Å². The highest BCUT2D eigenvalue weighted by Crippen LogP contribution is 2.36. The summed E-state index contributed by atoms with van der Waals surface area (Å²) in [4.78, 5) is 27.1. The zero-order valence-corrected chi connectivity index (χ0v) is 31.0. The largest absolute Gasteiger partial charge is 0.465 e. The SMILES string of the molecule is CCCCCCCCC(CCCCCC)COC(=O)C1CCC(C)CC1C(=O)OCC(CCCCCC)CCCCCCCC. The molecule has 0 saturated heterocycles. The Morgan fingerprint density at radius 1 is 0.489 bits per heavy atom. The molecule has 1 aliphatic carbocycles. The van der Waals surface area contributed by atoms with Crippen molar-refractivity contribution in [1.29, 1.82) is 0 Å². The molecule has 0 amide bonds. The third-order valence-corrected chi connectivity index (χ3v) is 10.5. The molecule has 4 nitrogen and oxygen atoms in total. The van der Waals surface area contributed by atoms with Crippen LogP contribution in [0.25, 0.3) is 0 Å². The van der Waals surface area contributed by atoms with E-state index in [0.29, 0.717) is 31.0 Å². The van der Waals surface area contributed by atoms with Gasteiger partial charge in [0.05, 0.1) is 25.0 Å². The summed E-state index contributed by atoms with van der Waals surface area (Å²) >= 11 is 0. The summed E-state index contributed by atoms with van der Waals surface area (Å²) in [6.07, 6.45) is 32.7. The molecule has 1 fully saturated rings. The summed E-state index contributed by atoms with van der Waals surface area (Å²) in [7, 11) is 0. The molecule has 5 atom stereocenters. The molecule has 1 rings (SSSR count). The van der Waals surface area contributed by atoms with Crippen LogP contribution in [0.1, 0.15) is 208 Å². The fourth-order valence-electron chi connectivity index (χ4n) is 7.31. The zero-order valence-electron chi connectivity index (χ0n) is 31.0. The Kier molecular flexibility index (Phi) is 27.1. The molecule has 0 bridgehead atoms. The molecule has 0 aromatic rings. The number of rotatable bonds is 30. The summed E-state index contributed by atoms with van der Waals surface area (Å²) in [6, 6.07) is 0. The van der Waals surface area contributed by atoms with Gasteiger partial charge in [0.25, 0.3) is 0 Å². The van der Waals surface area contributed by atoms with E-state index in [4.69, 9.17) is 9.47 Å². The van der Waals surface area contributed by atoms with E-state index in [0.717, 1.165) is 44.9 Å². The van der Waals surface area contributed by atoms with Crippen LogP contribution >= 0.6 is 0 Å². The first kappa shape index (κ1) is 42.0. The predicted octanol–water partition coefficient (Wildman–Crippen LogP) is 12.8. The van der Waals surface area contributed by atoms with Gasteiger partial charge in [0.1, 0.15) is 0 Å². The molecule has 4 heteroatoms. The summed E-state index contributed by atoms with van der Waals surface area (Å²) < 4.78 is 12.1. The Labute approximate surface area is 281 Å². The van der Waals surface area contributed by atoms with E-state index in [-0.39, 0.29) is 23.8 Å². The number of unbranched alkanes of at least 4 members (excludes halogenated alkanes) is 16. The zero-order chi connectivity index (χ0) is 33.0. The average molecular weight is 635 g/mol. The van der Waals surface area contributed by atoms with Crippen molar-refractivity contribution in [1.82, 2.24) is 0 Å². The fraction of sp³-hybridized carbons (Fsp3) is 0.951.